The largest absolute Gasteiger partial charge is 0.463 e. The van der Waals surface area contributed by atoms with Gasteiger partial charge in [0.25, 0.3) is 0 Å². The summed E-state index contributed by atoms with van der Waals surface area (Å²) in [6.07, 6.45) is 9.31. The van der Waals surface area contributed by atoms with Gasteiger partial charge in [-0.1, -0.05) is 57.2 Å². The summed E-state index contributed by atoms with van der Waals surface area (Å²) in [7, 11) is 0. The van der Waals surface area contributed by atoms with Crippen LogP contribution in [0.5, 0.6) is 6.01 Å². The number of benzene rings is 1. The average Bonchev–Trinajstić information content (AvgIpc) is 3.57. The molecule has 0 saturated carbocycles. The first kappa shape index (κ1) is 30.5. The number of ether oxygens (including phenoxy) is 1. The molecular formula is C35H49N5O2S. The molecular weight excluding hydrogens is 554 g/mol. The summed E-state index contributed by atoms with van der Waals surface area (Å²) in [5.41, 5.74) is 3.13. The molecule has 3 aliphatic heterocycles. The standard InChI is InChI=1S/C35H49N5O2S/c1-5-28-19-29(16-23(2)3)40(28)14-9-15-42-35-37-31-20-32(24(4)17-30(41)18-25-10-7-6-8-11-25)43-33(31)34(38-35)39-21-26-12-13-27(22-39)36-26/h6-8,10-11,17,20,23,26-30,36,41H,5,9,12-16,18-19,21-22H2,1-4H3/b24-17+. The SMILES string of the molecule is CCC1CC(CC(C)C)N1CCCOc1nc(N2CC3CCC(C2)N3)c2sc(/C(C)=C/C(O)Cc3ccccc3)cc2n1. The molecule has 6 rings (SSSR count). The molecule has 3 saturated heterocycles. The van der Waals surface area contributed by atoms with Crippen LogP contribution in [0.4, 0.5) is 5.82 Å². The first-order valence-corrected chi connectivity index (χ1v) is 17.3. The number of aliphatic hydroxyl groups excluding tert-OH is 1. The molecule has 5 unspecified atom stereocenters. The number of aromatic nitrogens is 2. The van der Waals surface area contributed by atoms with Gasteiger partial charge >= 0.3 is 6.01 Å². The van der Waals surface area contributed by atoms with Crippen LogP contribution in [-0.4, -0.2) is 76.5 Å². The van der Waals surface area contributed by atoms with E-state index >= 15 is 0 Å². The smallest absolute Gasteiger partial charge is 0.319 e. The summed E-state index contributed by atoms with van der Waals surface area (Å²) in [5, 5.41) is 14.6. The number of allylic oxidation sites excluding steroid dienone is 1. The van der Waals surface area contributed by atoms with E-state index in [0.29, 0.717) is 31.1 Å². The van der Waals surface area contributed by atoms with Crippen LogP contribution >= 0.6 is 11.3 Å². The van der Waals surface area contributed by atoms with E-state index in [2.05, 4.69) is 61.0 Å². The fourth-order valence-corrected chi connectivity index (χ4v) is 8.41. The topological polar surface area (TPSA) is 73.8 Å². The van der Waals surface area contributed by atoms with Crippen molar-refractivity contribution < 1.29 is 9.84 Å². The van der Waals surface area contributed by atoms with E-state index in [1.807, 2.05) is 24.3 Å². The molecule has 3 aliphatic rings. The second-order valence-electron chi connectivity index (χ2n) is 13.3. The lowest BCUT2D eigenvalue weighted by atomic mass is 9.85. The number of hydrogen-bond acceptors (Lipinski definition) is 8. The van der Waals surface area contributed by atoms with Gasteiger partial charge in [-0.25, -0.2) is 0 Å². The van der Waals surface area contributed by atoms with Gasteiger partial charge in [0.1, 0.15) is 0 Å². The first-order chi connectivity index (χ1) is 20.9. The molecule has 0 aliphatic carbocycles. The van der Waals surface area contributed by atoms with E-state index < -0.39 is 6.10 Å². The molecule has 5 heterocycles. The molecule has 7 nitrogen and oxygen atoms in total. The lowest BCUT2D eigenvalue weighted by molar-refractivity contribution is -0.00210. The van der Waals surface area contributed by atoms with Gasteiger partial charge in [-0.3, -0.25) is 4.90 Å². The van der Waals surface area contributed by atoms with E-state index in [1.165, 1.54) is 32.1 Å². The second-order valence-corrected chi connectivity index (χ2v) is 14.4. The highest BCUT2D eigenvalue weighted by Crippen LogP contribution is 2.38. The lowest BCUT2D eigenvalue weighted by Gasteiger charge is -2.49. The number of piperazine rings is 1. The summed E-state index contributed by atoms with van der Waals surface area (Å²) in [4.78, 5) is 16.2. The van der Waals surface area contributed by atoms with Crippen LogP contribution in [0.3, 0.4) is 0 Å². The van der Waals surface area contributed by atoms with E-state index in [1.54, 1.807) is 11.3 Å². The molecule has 5 atom stereocenters. The maximum absolute atomic E-state index is 10.8. The molecule has 3 aromatic rings. The Hall–Kier alpha value is -2.52. The van der Waals surface area contributed by atoms with Gasteiger partial charge in [-0.05, 0) is 68.6 Å². The van der Waals surface area contributed by atoms with Crippen molar-refractivity contribution >= 4 is 32.9 Å². The molecule has 8 heteroatoms. The monoisotopic (exact) mass is 603 g/mol. The molecule has 43 heavy (non-hydrogen) atoms. The molecule has 0 spiro atoms. The van der Waals surface area contributed by atoms with Gasteiger partial charge in [0, 0.05) is 55.1 Å². The number of fused-ring (bicyclic) bond motifs is 3. The predicted molar refractivity (Wildman–Crippen MR) is 178 cm³/mol. The number of thiophene rings is 1. The summed E-state index contributed by atoms with van der Waals surface area (Å²) in [6, 6.07) is 15.3. The van der Waals surface area contributed by atoms with Crippen molar-refractivity contribution in [3.8, 4) is 6.01 Å². The Labute approximate surface area is 261 Å². The van der Waals surface area contributed by atoms with Crippen molar-refractivity contribution in [1.29, 1.82) is 0 Å². The minimum atomic E-state index is -0.542. The fourth-order valence-electron chi connectivity index (χ4n) is 7.32. The van der Waals surface area contributed by atoms with Crippen LogP contribution in [0.15, 0.2) is 42.5 Å². The molecule has 2 aromatic heterocycles. The van der Waals surface area contributed by atoms with Gasteiger partial charge in [0.2, 0.25) is 0 Å². The minimum absolute atomic E-state index is 0.484. The fraction of sp³-hybridized carbons (Fsp3) is 0.600. The molecule has 0 radical (unpaired) electrons. The predicted octanol–water partition coefficient (Wildman–Crippen LogP) is 6.31. The van der Waals surface area contributed by atoms with Crippen LogP contribution in [0.2, 0.25) is 0 Å². The third-order valence-electron chi connectivity index (χ3n) is 9.46. The van der Waals surface area contributed by atoms with Crippen molar-refractivity contribution in [1.82, 2.24) is 20.2 Å². The van der Waals surface area contributed by atoms with E-state index in [4.69, 9.17) is 14.7 Å². The summed E-state index contributed by atoms with van der Waals surface area (Å²) in [6.45, 7) is 12.7. The van der Waals surface area contributed by atoms with Gasteiger partial charge < -0.3 is 20.1 Å². The average molecular weight is 604 g/mol. The Balaban J connectivity index is 1.18. The van der Waals surface area contributed by atoms with Crippen molar-refractivity contribution in [2.24, 2.45) is 5.92 Å². The summed E-state index contributed by atoms with van der Waals surface area (Å²) in [5.74, 6) is 1.74. The van der Waals surface area contributed by atoms with Crippen molar-refractivity contribution in [3.05, 3.63) is 52.9 Å². The molecule has 0 amide bonds. The van der Waals surface area contributed by atoms with Crippen LogP contribution < -0.4 is 15.0 Å². The quantitative estimate of drug-likeness (QED) is 0.222. The number of nitrogens with one attached hydrogen (secondary N) is 1. The van der Waals surface area contributed by atoms with E-state index in [9.17, 15) is 5.11 Å². The third-order valence-corrected chi connectivity index (χ3v) is 10.7. The van der Waals surface area contributed by atoms with Gasteiger partial charge in [0.05, 0.1) is 22.9 Å². The van der Waals surface area contributed by atoms with Crippen LogP contribution in [-0.2, 0) is 6.42 Å². The zero-order chi connectivity index (χ0) is 29.9. The lowest BCUT2D eigenvalue weighted by Crippen LogP contribution is -2.56. The van der Waals surface area contributed by atoms with Crippen molar-refractivity contribution in [2.75, 3.05) is 31.1 Å². The maximum atomic E-state index is 10.8. The Morgan fingerprint density at radius 3 is 2.63 bits per heavy atom. The molecule has 2 bridgehead atoms. The zero-order valence-corrected chi connectivity index (χ0v) is 27.2. The maximum Gasteiger partial charge on any atom is 0.319 e. The number of hydrogen-bond donors (Lipinski definition) is 2. The Bertz CT molecular complexity index is 1380. The Morgan fingerprint density at radius 1 is 1.14 bits per heavy atom. The number of anilines is 1. The number of rotatable bonds is 13. The van der Waals surface area contributed by atoms with Crippen molar-refractivity contribution in [2.45, 2.75) is 103 Å². The number of likely N-dealkylation sites (tertiary alicyclic amines) is 1. The highest BCUT2D eigenvalue weighted by molar-refractivity contribution is 7.20. The third kappa shape index (κ3) is 7.25. The molecule has 1 aromatic carbocycles. The van der Waals surface area contributed by atoms with Crippen LogP contribution in [0.25, 0.3) is 15.8 Å². The number of aliphatic hydroxyl groups is 1. The molecule has 2 N–H and O–H groups in total. The highest BCUT2D eigenvalue weighted by atomic mass is 32.1. The second kappa shape index (κ2) is 13.6. The van der Waals surface area contributed by atoms with Crippen LogP contribution in [0.1, 0.15) is 76.7 Å². The summed E-state index contributed by atoms with van der Waals surface area (Å²) < 4.78 is 7.39. The van der Waals surface area contributed by atoms with E-state index in [-0.39, 0.29) is 0 Å². The summed E-state index contributed by atoms with van der Waals surface area (Å²) >= 11 is 1.73. The van der Waals surface area contributed by atoms with E-state index in [0.717, 1.165) is 76.1 Å². The Morgan fingerprint density at radius 2 is 1.91 bits per heavy atom. The normalized spacial score (nSPS) is 25.0. The molecule has 232 valence electrons. The first-order valence-electron chi connectivity index (χ1n) is 16.5. The minimum Gasteiger partial charge on any atom is -0.463 e. The van der Waals surface area contributed by atoms with Gasteiger partial charge in [-0.2, -0.15) is 9.97 Å². The zero-order valence-electron chi connectivity index (χ0n) is 26.3. The highest BCUT2D eigenvalue weighted by Gasteiger charge is 2.37. The molecule has 3 fully saturated rings. The Kier molecular flexibility index (Phi) is 9.67. The van der Waals surface area contributed by atoms with Crippen LogP contribution in [0, 0.1) is 5.92 Å². The number of nitrogens with zero attached hydrogens (tertiary/aromatic N) is 4. The van der Waals surface area contributed by atoms with Gasteiger partial charge in [0.15, 0.2) is 5.82 Å². The van der Waals surface area contributed by atoms with Gasteiger partial charge in [-0.15, -0.1) is 11.3 Å². The van der Waals surface area contributed by atoms with Crippen molar-refractivity contribution in [3.63, 3.8) is 0 Å².